The van der Waals surface area contributed by atoms with Gasteiger partial charge in [0.1, 0.15) is 12.2 Å². The van der Waals surface area contributed by atoms with E-state index in [0.717, 1.165) is 36.4 Å². The molecule has 1 saturated heterocycles. The van der Waals surface area contributed by atoms with Crippen LogP contribution in [-0.2, 0) is 9.47 Å². The van der Waals surface area contributed by atoms with Gasteiger partial charge in [0, 0.05) is 0 Å². The van der Waals surface area contributed by atoms with Gasteiger partial charge in [-0.15, -0.1) is 0 Å². The van der Waals surface area contributed by atoms with Crippen LogP contribution >= 0.6 is 0 Å². The Morgan fingerprint density at radius 2 is 2.00 bits per heavy atom. The normalized spacial score (nSPS) is 24.5. The van der Waals surface area contributed by atoms with Crippen molar-refractivity contribution in [3.05, 3.63) is 22.5 Å². The second-order valence-corrected chi connectivity index (χ2v) is 7.01. The second-order valence-electron chi connectivity index (χ2n) is 7.01. The number of aliphatic hydroxyl groups is 2. The third-order valence-electron chi connectivity index (χ3n) is 4.72. The van der Waals surface area contributed by atoms with E-state index in [1.807, 2.05) is 13.8 Å². The summed E-state index contributed by atoms with van der Waals surface area (Å²) < 4.78 is 25.5. The number of halogens is 1. The number of carbonyl (C=O) groups is 1. The molecule has 28 heavy (non-hydrogen) atoms. The summed E-state index contributed by atoms with van der Waals surface area (Å²) in [6, 6.07) is 0. The van der Waals surface area contributed by atoms with Crippen LogP contribution in [0, 0.1) is 11.7 Å². The summed E-state index contributed by atoms with van der Waals surface area (Å²) in [6.07, 6.45) is -1.01. The van der Waals surface area contributed by atoms with Crippen molar-refractivity contribution in [2.24, 2.45) is 5.92 Å². The maximum Gasteiger partial charge on any atom is 0.412 e. The van der Waals surface area contributed by atoms with Crippen molar-refractivity contribution in [2.75, 3.05) is 11.9 Å². The first kappa shape index (κ1) is 22.3. The largest absolute Gasteiger partial charge is 0.449 e. The molecule has 2 heterocycles. The second kappa shape index (κ2) is 9.94. The Hall–Kier alpha value is -2.04. The number of hydrogen-bond acceptors (Lipinski definition) is 7. The van der Waals surface area contributed by atoms with Crippen LogP contribution in [0.15, 0.2) is 11.0 Å². The minimum atomic E-state index is -1.41. The van der Waals surface area contributed by atoms with Crippen LogP contribution in [0.4, 0.5) is 15.0 Å². The molecule has 158 valence electrons. The lowest BCUT2D eigenvalue weighted by Crippen LogP contribution is -2.36. The van der Waals surface area contributed by atoms with Crippen molar-refractivity contribution in [1.82, 2.24) is 9.55 Å². The van der Waals surface area contributed by atoms with Gasteiger partial charge in [-0.3, -0.25) is 9.88 Å². The predicted octanol–water partition coefficient (Wildman–Crippen LogP) is 1.79. The van der Waals surface area contributed by atoms with Gasteiger partial charge < -0.3 is 19.7 Å². The summed E-state index contributed by atoms with van der Waals surface area (Å²) in [5, 5.41) is 21.8. The first-order valence-electron chi connectivity index (χ1n) is 9.52. The molecule has 1 aliphatic heterocycles. The van der Waals surface area contributed by atoms with Crippen molar-refractivity contribution in [2.45, 2.75) is 71.0 Å². The third kappa shape index (κ3) is 5.27. The number of nitrogens with one attached hydrogen (secondary N) is 1. The Balaban J connectivity index is 2.04. The van der Waals surface area contributed by atoms with Gasteiger partial charge in [-0.1, -0.05) is 26.7 Å². The minimum absolute atomic E-state index is 0.198. The van der Waals surface area contributed by atoms with Crippen LogP contribution in [0.2, 0.25) is 0 Å². The zero-order chi connectivity index (χ0) is 20.8. The average molecular weight is 401 g/mol. The van der Waals surface area contributed by atoms with Gasteiger partial charge in [0.2, 0.25) is 0 Å². The number of anilines is 1. The molecule has 3 N–H and O–H groups in total. The average Bonchev–Trinajstić information content (AvgIpc) is 2.90. The molecule has 1 aliphatic rings. The Kier molecular flexibility index (Phi) is 7.90. The van der Waals surface area contributed by atoms with Crippen LogP contribution in [0.1, 0.15) is 52.7 Å². The summed E-state index contributed by atoms with van der Waals surface area (Å²) in [5.41, 5.74) is -0.947. The summed E-state index contributed by atoms with van der Waals surface area (Å²) in [6.45, 7) is 5.80. The van der Waals surface area contributed by atoms with Crippen molar-refractivity contribution < 1.29 is 28.9 Å². The van der Waals surface area contributed by atoms with Crippen LogP contribution in [0.3, 0.4) is 0 Å². The lowest BCUT2D eigenvalue weighted by Gasteiger charge is -2.18. The number of ether oxygens (including phenoxy) is 2. The van der Waals surface area contributed by atoms with Gasteiger partial charge in [0.05, 0.1) is 18.9 Å². The number of aliphatic hydroxyl groups excluding tert-OH is 2. The highest BCUT2D eigenvalue weighted by Gasteiger charge is 2.42. The van der Waals surface area contributed by atoms with Crippen molar-refractivity contribution in [3.8, 4) is 0 Å². The zero-order valence-electron chi connectivity index (χ0n) is 16.3. The molecule has 1 fully saturated rings. The maximum atomic E-state index is 14.3. The van der Waals surface area contributed by atoms with Crippen LogP contribution < -0.4 is 11.0 Å². The van der Waals surface area contributed by atoms with Crippen molar-refractivity contribution in [1.29, 1.82) is 0 Å². The lowest BCUT2D eigenvalue weighted by molar-refractivity contribution is -0.0355. The summed E-state index contributed by atoms with van der Waals surface area (Å²) >= 11 is 0. The Morgan fingerprint density at radius 3 is 2.54 bits per heavy atom. The highest BCUT2D eigenvalue weighted by molar-refractivity contribution is 5.83. The van der Waals surface area contributed by atoms with Crippen LogP contribution in [0.5, 0.6) is 0 Å². The Labute approximate surface area is 162 Å². The minimum Gasteiger partial charge on any atom is -0.449 e. The molecule has 0 aliphatic carbocycles. The van der Waals surface area contributed by atoms with E-state index in [-0.39, 0.29) is 12.5 Å². The molecule has 4 atom stereocenters. The molecule has 0 aromatic carbocycles. The van der Waals surface area contributed by atoms with Gasteiger partial charge in [0.15, 0.2) is 17.9 Å². The Morgan fingerprint density at radius 1 is 1.36 bits per heavy atom. The fourth-order valence-electron chi connectivity index (χ4n) is 3.23. The van der Waals surface area contributed by atoms with Gasteiger partial charge >= 0.3 is 11.8 Å². The zero-order valence-corrected chi connectivity index (χ0v) is 16.3. The first-order valence-corrected chi connectivity index (χ1v) is 9.52. The SMILES string of the molecule is CCCC(CCC)COC(=O)Nc1nc(=O)n([C@@H]2O[C@H](C)[C@@H](O)[C@H]2O)cc1F. The van der Waals surface area contributed by atoms with E-state index in [2.05, 4.69) is 10.3 Å². The summed E-state index contributed by atoms with van der Waals surface area (Å²) in [7, 11) is 0. The van der Waals surface area contributed by atoms with Gasteiger partial charge in [-0.2, -0.15) is 4.98 Å². The topological polar surface area (TPSA) is 123 Å². The van der Waals surface area contributed by atoms with Crippen molar-refractivity contribution >= 4 is 11.9 Å². The van der Waals surface area contributed by atoms with Crippen molar-refractivity contribution in [3.63, 3.8) is 0 Å². The number of aromatic nitrogens is 2. The highest BCUT2D eigenvalue weighted by atomic mass is 19.1. The molecule has 0 saturated carbocycles. The maximum absolute atomic E-state index is 14.3. The van der Waals surface area contributed by atoms with Gasteiger partial charge in [0.25, 0.3) is 0 Å². The number of hydrogen-bond donors (Lipinski definition) is 3. The molecule has 0 radical (unpaired) electrons. The summed E-state index contributed by atoms with van der Waals surface area (Å²) in [4.78, 5) is 27.6. The molecule has 2 rings (SSSR count). The fourth-order valence-corrected chi connectivity index (χ4v) is 3.23. The van der Waals surface area contributed by atoms with E-state index >= 15 is 0 Å². The lowest BCUT2D eigenvalue weighted by atomic mass is 10.00. The molecule has 1 amide bonds. The van der Waals surface area contributed by atoms with Gasteiger partial charge in [-0.05, 0) is 25.7 Å². The molecular formula is C18H28FN3O6. The molecule has 0 spiro atoms. The standard InChI is InChI=1S/C18H28FN3O6/c1-4-6-11(7-5-2)9-27-18(26)21-15-12(19)8-22(17(25)20-15)16-14(24)13(23)10(3)28-16/h8,10-11,13-14,16,23-24H,4-7,9H2,1-3H3,(H,20,21,25,26)/t10-,13-,14-,16-/m1/s1. The quantitative estimate of drug-likeness (QED) is 0.607. The van der Waals surface area contributed by atoms with Crippen LogP contribution in [0.25, 0.3) is 0 Å². The first-order chi connectivity index (χ1) is 13.3. The number of rotatable bonds is 8. The Bertz CT molecular complexity index is 722. The molecule has 9 nitrogen and oxygen atoms in total. The smallest absolute Gasteiger partial charge is 0.412 e. The summed E-state index contributed by atoms with van der Waals surface area (Å²) in [5.74, 6) is -1.35. The van der Waals surface area contributed by atoms with Gasteiger partial charge in [-0.25, -0.2) is 14.0 Å². The molecule has 1 aromatic rings. The van der Waals surface area contributed by atoms with E-state index in [9.17, 15) is 24.2 Å². The fraction of sp³-hybridized carbons (Fsp3) is 0.722. The molecule has 1 aromatic heterocycles. The molecule has 0 unspecified atom stereocenters. The number of carbonyl (C=O) groups excluding carboxylic acids is 1. The molecule has 0 bridgehead atoms. The van der Waals surface area contributed by atoms with E-state index in [1.54, 1.807) is 0 Å². The van der Waals surface area contributed by atoms with E-state index in [4.69, 9.17) is 9.47 Å². The molecule has 10 heteroatoms. The molecular weight excluding hydrogens is 373 g/mol. The van der Waals surface area contributed by atoms with E-state index < -0.39 is 48.0 Å². The highest BCUT2D eigenvalue weighted by Crippen LogP contribution is 2.28. The monoisotopic (exact) mass is 401 g/mol. The van der Waals surface area contributed by atoms with E-state index in [1.165, 1.54) is 6.92 Å². The number of nitrogens with zero attached hydrogens (tertiary/aromatic N) is 2. The third-order valence-corrected chi connectivity index (χ3v) is 4.72. The van der Waals surface area contributed by atoms with Crippen LogP contribution in [-0.4, -0.2) is 50.8 Å². The number of amides is 1. The predicted molar refractivity (Wildman–Crippen MR) is 98.3 cm³/mol. The van der Waals surface area contributed by atoms with E-state index in [0.29, 0.717) is 0 Å².